The highest BCUT2D eigenvalue weighted by Gasteiger charge is 2.27. The van der Waals surface area contributed by atoms with Crippen molar-refractivity contribution in [3.8, 4) is 6.01 Å². The van der Waals surface area contributed by atoms with Crippen molar-refractivity contribution < 1.29 is 14.3 Å². The molecule has 0 N–H and O–H groups in total. The van der Waals surface area contributed by atoms with Gasteiger partial charge in [-0.1, -0.05) is 0 Å². The van der Waals surface area contributed by atoms with Crippen LogP contribution < -0.4 is 4.74 Å². The molecule has 0 radical (unpaired) electrons. The van der Waals surface area contributed by atoms with Crippen molar-refractivity contribution in [1.29, 1.82) is 0 Å². The molecule has 1 fully saturated rings. The molecule has 8 nitrogen and oxygen atoms in total. The van der Waals surface area contributed by atoms with Crippen LogP contribution in [0.1, 0.15) is 33.6 Å². The molecule has 1 aliphatic heterocycles. The molecular formula is C18H24BrN5O3. The fourth-order valence-corrected chi connectivity index (χ4v) is 2.45. The molecule has 0 spiro atoms. The molecule has 9 heteroatoms. The Balaban J connectivity index is 0.000000369. The van der Waals surface area contributed by atoms with Crippen LogP contribution in [0.4, 0.5) is 4.79 Å². The largest absolute Gasteiger partial charge is 0.460 e. The van der Waals surface area contributed by atoms with Crippen molar-refractivity contribution >= 4 is 22.0 Å². The number of hydrogen-bond acceptors (Lipinski definition) is 7. The molecule has 0 unspecified atom stereocenters. The zero-order valence-electron chi connectivity index (χ0n) is 15.7. The lowest BCUT2D eigenvalue weighted by atomic mass is 10.1. The number of aromatic nitrogens is 4. The number of nitrogens with zero attached hydrogens (tertiary/aromatic N) is 5. The van der Waals surface area contributed by atoms with Gasteiger partial charge >= 0.3 is 12.1 Å². The summed E-state index contributed by atoms with van der Waals surface area (Å²) in [5, 5.41) is 0. The molecule has 27 heavy (non-hydrogen) atoms. The average molecular weight is 438 g/mol. The first kappa shape index (κ1) is 21.0. The van der Waals surface area contributed by atoms with E-state index in [4.69, 9.17) is 9.47 Å². The Morgan fingerprint density at radius 2 is 1.74 bits per heavy atom. The summed E-state index contributed by atoms with van der Waals surface area (Å²) in [6.07, 6.45) is 9.44. The molecule has 0 aliphatic carbocycles. The van der Waals surface area contributed by atoms with Crippen molar-refractivity contribution in [1.82, 2.24) is 24.8 Å². The Bertz CT molecular complexity index is 660. The van der Waals surface area contributed by atoms with Gasteiger partial charge in [0.25, 0.3) is 0 Å². The quantitative estimate of drug-likeness (QED) is 0.709. The van der Waals surface area contributed by atoms with Gasteiger partial charge in [0.1, 0.15) is 18.0 Å². The smallest absolute Gasteiger partial charge is 0.410 e. The van der Waals surface area contributed by atoms with E-state index >= 15 is 0 Å². The van der Waals surface area contributed by atoms with Gasteiger partial charge in [-0.2, -0.15) is 0 Å². The summed E-state index contributed by atoms with van der Waals surface area (Å²) in [5.74, 6) is 0. The van der Waals surface area contributed by atoms with Crippen LogP contribution >= 0.6 is 15.9 Å². The molecule has 146 valence electrons. The summed E-state index contributed by atoms with van der Waals surface area (Å²) in [7, 11) is 0. The summed E-state index contributed by atoms with van der Waals surface area (Å²) in [4.78, 5) is 29.2. The van der Waals surface area contributed by atoms with Crippen molar-refractivity contribution in [3.05, 3.63) is 41.7 Å². The minimum Gasteiger partial charge on any atom is -0.460 e. The number of likely N-dealkylation sites (tertiary alicyclic amines) is 1. The molecule has 2 aromatic heterocycles. The second kappa shape index (κ2) is 10.1. The number of amides is 1. The van der Waals surface area contributed by atoms with Crippen molar-refractivity contribution in [3.63, 3.8) is 0 Å². The lowest BCUT2D eigenvalue weighted by molar-refractivity contribution is 0.0119. The fraction of sp³-hybridized carbons (Fsp3) is 0.500. The maximum absolute atomic E-state index is 11.9. The van der Waals surface area contributed by atoms with Crippen LogP contribution in [-0.4, -0.2) is 55.7 Å². The van der Waals surface area contributed by atoms with E-state index in [0.717, 1.165) is 17.3 Å². The van der Waals surface area contributed by atoms with E-state index in [9.17, 15) is 4.79 Å². The minimum atomic E-state index is -0.463. The third-order valence-corrected chi connectivity index (χ3v) is 3.85. The number of piperidine rings is 1. The van der Waals surface area contributed by atoms with Gasteiger partial charge in [-0.3, -0.25) is 0 Å². The predicted octanol–water partition coefficient (Wildman–Crippen LogP) is 3.49. The van der Waals surface area contributed by atoms with E-state index in [1.807, 2.05) is 20.8 Å². The molecule has 1 amide bonds. The number of hydrogen-bond donors (Lipinski definition) is 0. The van der Waals surface area contributed by atoms with Crippen LogP contribution in [0.2, 0.25) is 0 Å². The van der Waals surface area contributed by atoms with Gasteiger partial charge in [0.15, 0.2) is 0 Å². The van der Waals surface area contributed by atoms with E-state index in [-0.39, 0.29) is 12.2 Å². The van der Waals surface area contributed by atoms with Gasteiger partial charge in [-0.05, 0) is 42.8 Å². The Kier molecular flexibility index (Phi) is 7.90. The van der Waals surface area contributed by atoms with Crippen molar-refractivity contribution in [2.75, 3.05) is 13.1 Å². The van der Waals surface area contributed by atoms with Gasteiger partial charge in [0.05, 0.1) is 4.47 Å². The van der Waals surface area contributed by atoms with Gasteiger partial charge in [-0.15, -0.1) is 0 Å². The molecule has 3 rings (SSSR count). The van der Waals surface area contributed by atoms with Gasteiger partial charge in [0.2, 0.25) is 0 Å². The number of carbonyl (C=O) groups is 1. The van der Waals surface area contributed by atoms with Crippen LogP contribution in [0.15, 0.2) is 41.7 Å². The molecule has 1 saturated heterocycles. The maximum atomic E-state index is 11.9. The monoisotopic (exact) mass is 437 g/mol. The molecule has 0 bridgehead atoms. The molecule has 0 saturated carbocycles. The Hall–Kier alpha value is -2.29. The Morgan fingerprint density at radius 1 is 1.15 bits per heavy atom. The number of ether oxygens (including phenoxy) is 2. The van der Waals surface area contributed by atoms with Crippen LogP contribution in [-0.2, 0) is 4.74 Å². The van der Waals surface area contributed by atoms with Crippen LogP contribution in [0, 0.1) is 0 Å². The topological polar surface area (TPSA) is 90.3 Å². The summed E-state index contributed by atoms with van der Waals surface area (Å²) in [5.41, 5.74) is -0.463. The van der Waals surface area contributed by atoms with Gasteiger partial charge in [-0.25, -0.2) is 24.7 Å². The molecule has 1 aliphatic rings. The standard InChI is InChI=1S/C14H20BrN3O3.C4H4N2/c1-14(2,3)21-13(19)18-6-4-11(5-7-18)20-12-16-8-10(15)9-17-12;1-2-5-4-6-3-1/h8-9,11H,4-7H2,1-3H3;1-4H. The molecular weight excluding hydrogens is 414 g/mol. The lowest BCUT2D eigenvalue weighted by Crippen LogP contribution is -2.44. The first-order chi connectivity index (χ1) is 12.8. The normalized spacial score (nSPS) is 14.7. The number of rotatable bonds is 2. The number of carbonyl (C=O) groups excluding carboxylic acids is 1. The highest BCUT2D eigenvalue weighted by atomic mass is 79.9. The molecule has 0 aromatic carbocycles. The second-order valence-corrected chi connectivity index (χ2v) is 7.79. The SMILES string of the molecule is CC(C)(C)OC(=O)N1CCC(Oc2ncc(Br)cn2)CC1.c1cncnc1. The minimum absolute atomic E-state index is 0.0323. The number of halogens is 1. The second-order valence-electron chi connectivity index (χ2n) is 6.87. The van der Waals surface area contributed by atoms with E-state index in [1.54, 1.807) is 35.8 Å². The van der Waals surface area contributed by atoms with E-state index in [2.05, 4.69) is 35.9 Å². The maximum Gasteiger partial charge on any atom is 0.410 e. The highest BCUT2D eigenvalue weighted by Crippen LogP contribution is 2.19. The lowest BCUT2D eigenvalue weighted by Gasteiger charge is -2.33. The van der Waals surface area contributed by atoms with E-state index < -0.39 is 5.60 Å². The summed E-state index contributed by atoms with van der Waals surface area (Å²) >= 11 is 3.28. The Labute approximate surface area is 167 Å². The summed E-state index contributed by atoms with van der Waals surface area (Å²) in [6.45, 7) is 6.84. The zero-order valence-corrected chi connectivity index (χ0v) is 17.3. The summed E-state index contributed by atoms with van der Waals surface area (Å²) < 4.78 is 11.9. The van der Waals surface area contributed by atoms with Gasteiger partial charge < -0.3 is 14.4 Å². The molecule has 0 atom stereocenters. The third-order valence-electron chi connectivity index (χ3n) is 3.44. The van der Waals surface area contributed by atoms with Crippen molar-refractivity contribution in [2.24, 2.45) is 0 Å². The average Bonchev–Trinajstić information content (AvgIpc) is 2.65. The zero-order chi connectivity index (χ0) is 19.7. The first-order valence-corrected chi connectivity index (χ1v) is 9.45. The van der Waals surface area contributed by atoms with E-state index in [1.165, 1.54) is 6.33 Å². The highest BCUT2D eigenvalue weighted by molar-refractivity contribution is 9.10. The third kappa shape index (κ3) is 8.29. The van der Waals surface area contributed by atoms with E-state index in [0.29, 0.717) is 19.1 Å². The first-order valence-electron chi connectivity index (χ1n) is 8.65. The molecule has 2 aromatic rings. The van der Waals surface area contributed by atoms with Gasteiger partial charge in [0, 0.05) is 50.7 Å². The van der Waals surface area contributed by atoms with Crippen LogP contribution in [0.5, 0.6) is 6.01 Å². The van der Waals surface area contributed by atoms with Crippen LogP contribution in [0.3, 0.4) is 0 Å². The molecule has 3 heterocycles. The fourth-order valence-electron chi connectivity index (χ4n) is 2.25. The predicted molar refractivity (Wildman–Crippen MR) is 103 cm³/mol. The summed E-state index contributed by atoms with van der Waals surface area (Å²) in [6, 6.07) is 2.15. The van der Waals surface area contributed by atoms with Crippen molar-refractivity contribution in [2.45, 2.75) is 45.3 Å². The Morgan fingerprint density at radius 3 is 2.19 bits per heavy atom. The van der Waals surface area contributed by atoms with Crippen LogP contribution in [0.25, 0.3) is 0 Å².